The summed E-state index contributed by atoms with van der Waals surface area (Å²) in [5, 5.41) is 12.3. The number of aromatic nitrogens is 3. The van der Waals surface area contributed by atoms with E-state index in [0.29, 0.717) is 33.8 Å². The number of methoxy groups -OCH3 is 1. The lowest BCUT2D eigenvalue weighted by Crippen LogP contribution is -2.16. The molecule has 0 saturated carbocycles. The first-order chi connectivity index (χ1) is 18.3. The van der Waals surface area contributed by atoms with Gasteiger partial charge in [0.15, 0.2) is 11.0 Å². The molecule has 2 aromatic heterocycles. The van der Waals surface area contributed by atoms with Gasteiger partial charge in [-0.3, -0.25) is 4.79 Å². The fourth-order valence-corrected chi connectivity index (χ4v) is 5.88. The van der Waals surface area contributed by atoms with Gasteiger partial charge < -0.3 is 19.4 Å². The molecule has 4 rings (SSSR count). The number of amides is 1. The van der Waals surface area contributed by atoms with Gasteiger partial charge in [0.05, 0.1) is 17.9 Å². The fraction of sp³-hybridized carbons (Fsp3) is 0.231. The van der Waals surface area contributed by atoms with Crippen molar-refractivity contribution in [1.29, 1.82) is 0 Å². The standard InChI is InChI=1S/C26H24ClFN4O4S2/c1-4-32-20(13-36-19-11-10-17(28)12-18(19)27)30-31-26(32)37-14-21(33)29-24-23(25(34)35-3)22(15(2)38-24)16-8-6-5-7-9-16/h5-12H,4,13-14H2,1-3H3,(H,29,33). The van der Waals surface area contributed by atoms with Crippen LogP contribution < -0.4 is 10.1 Å². The van der Waals surface area contributed by atoms with Gasteiger partial charge in [0.2, 0.25) is 5.91 Å². The number of ether oxygens (including phenoxy) is 2. The third-order valence-electron chi connectivity index (χ3n) is 5.48. The van der Waals surface area contributed by atoms with Gasteiger partial charge >= 0.3 is 5.97 Å². The summed E-state index contributed by atoms with van der Waals surface area (Å²) in [4.78, 5) is 26.4. The fourth-order valence-electron chi connectivity index (χ4n) is 3.76. The van der Waals surface area contributed by atoms with Gasteiger partial charge in [0.1, 0.15) is 28.7 Å². The summed E-state index contributed by atoms with van der Waals surface area (Å²) in [5.74, 6) is -0.375. The normalized spacial score (nSPS) is 10.9. The van der Waals surface area contributed by atoms with Crippen molar-refractivity contribution >= 4 is 51.6 Å². The molecule has 0 spiro atoms. The number of hydrogen-bond donors (Lipinski definition) is 1. The summed E-state index contributed by atoms with van der Waals surface area (Å²) in [6.45, 7) is 4.43. The number of hydrogen-bond acceptors (Lipinski definition) is 8. The predicted octanol–water partition coefficient (Wildman–Crippen LogP) is 6.22. The third-order valence-corrected chi connectivity index (χ3v) is 7.76. The molecule has 0 aliphatic carbocycles. The lowest BCUT2D eigenvalue weighted by Gasteiger charge is -2.10. The highest BCUT2D eigenvalue weighted by atomic mass is 35.5. The summed E-state index contributed by atoms with van der Waals surface area (Å²) in [6, 6.07) is 13.4. The summed E-state index contributed by atoms with van der Waals surface area (Å²) in [5.41, 5.74) is 1.93. The molecule has 2 heterocycles. The first kappa shape index (κ1) is 27.6. The number of nitrogens with zero attached hydrogens (tertiary/aromatic N) is 3. The number of rotatable bonds is 10. The number of halogens is 2. The minimum absolute atomic E-state index is 0.0427. The van der Waals surface area contributed by atoms with Crippen LogP contribution in [0.3, 0.4) is 0 Å². The van der Waals surface area contributed by atoms with Crippen molar-refractivity contribution < 1.29 is 23.5 Å². The zero-order valence-corrected chi connectivity index (χ0v) is 23.2. The Morgan fingerprint density at radius 3 is 2.63 bits per heavy atom. The second kappa shape index (κ2) is 12.4. The van der Waals surface area contributed by atoms with Crippen LogP contribution in [0.15, 0.2) is 53.7 Å². The van der Waals surface area contributed by atoms with E-state index in [1.807, 2.05) is 48.7 Å². The largest absolute Gasteiger partial charge is 0.484 e. The molecule has 0 aliphatic rings. The van der Waals surface area contributed by atoms with Crippen LogP contribution in [0, 0.1) is 12.7 Å². The van der Waals surface area contributed by atoms with Crippen LogP contribution in [0.4, 0.5) is 9.39 Å². The van der Waals surface area contributed by atoms with E-state index in [4.69, 9.17) is 21.1 Å². The molecule has 8 nitrogen and oxygen atoms in total. The minimum Gasteiger partial charge on any atom is -0.484 e. The van der Waals surface area contributed by atoms with Crippen LogP contribution in [0.2, 0.25) is 5.02 Å². The van der Waals surface area contributed by atoms with Crippen molar-refractivity contribution in [3.8, 4) is 16.9 Å². The number of thioether (sulfide) groups is 1. The Hall–Kier alpha value is -3.41. The zero-order valence-electron chi connectivity index (χ0n) is 20.8. The van der Waals surface area contributed by atoms with Crippen LogP contribution in [0.5, 0.6) is 5.75 Å². The molecule has 12 heteroatoms. The molecule has 1 N–H and O–H groups in total. The zero-order chi connectivity index (χ0) is 27.2. The number of carbonyl (C=O) groups excluding carboxylic acids is 2. The summed E-state index contributed by atoms with van der Waals surface area (Å²) >= 11 is 8.56. The first-order valence-electron chi connectivity index (χ1n) is 11.5. The summed E-state index contributed by atoms with van der Waals surface area (Å²) in [6.07, 6.45) is 0. The summed E-state index contributed by atoms with van der Waals surface area (Å²) in [7, 11) is 1.31. The number of nitrogens with one attached hydrogen (secondary N) is 1. The molecule has 38 heavy (non-hydrogen) atoms. The third kappa shape index (κ3) is 6.17. The van der Waals surface area contributed by atoms with Gasteiger partial charge in [-0.25, -0.2) is 9.18 Å². The Balaban J connectivity index is 1.45. The van der Waals surface area contributed by atoms with Crippen molar-refractivity contribution in [1.82, 2.24) is 14.8 Å². The van der Waals surface area contributed by atoms with Gasteiger partial charge in [0.25, 0.3) is 0 Å². The molecule has 198 valence electrons. The molecular weight excluding hydrogens is 551 g/mol. The number of anilines is 1. The first-order valence-corrected chi connectivity index (χ1v) is 13.7. The lowest BCUT2D eigenvalue weighted by atomic mass is 10.0. The van der Waals surface area contributed by atoms with E-state index in [1.54, 1.807) is 0 Å². The molecule has 0 unspecified atom stereocenters. The number of esters is 1. The summed E-state index contributed by atoms with van der Waals surface area (Å²) < 4.78 is 25.8. The van der Waals surface area contributed by atoms with Gasteiger partial charge in [-0.2, -0.15) is 0 Å². The average Bonchev–Trinajstić information content (AvgIpc) is 3.46. The van der Waals surface area contributed by atoms with E-state index in [9.17, 15) is 14.0 Å². The van der Waals surface area contributed by atoms with Crippen LogP contribution >= 0.6 is 34.7 Å². The van der Waals surface area contributed by atoms with Gasteiger partial charge in [0, 0.05) is 17.0 Å². The quantitative estimate of drug-likeness (QED) is 0.177. The van der Waals surface area contributed by atoms with Crippen molar-refractivity contribution in [2.24, 2.45) is 0 Å². The van der Waals surface area contributed by atoms with Crippen molar-refractivity contribution in [3.05, 3.63) is 75.6 Å². The van der Waals surface area contributed by atoms with E-state index in [-0.39, 0.29) is 23.3 Å². The monoisotopic (exact) mass is 574 g/mol. The maximum absolute atomic E-state index is 13.3. The molecule has 2 aromatic carbocycles. The second-order valence-electron chi connectivity index (χ2n) is 7.94. The molecule has 1 amide bonds. The molecule has 0 radical (unpaired) electrons. The lowest BCUT2D eigenvalue weighted by molar-refractivity contribution is -0.113. The minimum atomic E-state index is -0.521. The Kier molecular flexibility index (Phi) is 9.03. The maximum atomic E-state index is 13.3. The molecule has 4 aromatic rings. The van der Waals surface area contributed by atoms with Crippen LogP contribution in [0.25, 0.3) is 11.1 Å². The highest BCUT2D eigenvalue weighted by molar-refractivity contribution is 7.99. The average molecular weight is 575 g/mol. The van der Waals surface area contributed by atoms with Crippen LogP contribution in [0.1, 0.15) is 28.0 Å². The topological polar surface area (TPSA) is 95.3 Å². The van der Waals surface area contributed by atoms with E-state index < -0.39 is 11.8 Å². The highest BCUT2D eigenvalue weighted by Gasteiger charge is 2.25. The number of thiophene rings is 1. The second-order valence-corrected chi connectivity index (χ2v) is 10.5. The number of benzene rings is 2. The van der Waals surface area contributed by atoms with Crippen molar-refractivity contribution in [2.75, 3.05) is 18.2 Å². The Bertz CT molecular complexity index is 1460. The van der Waals surface area contributed by atoms with Gasteiger partial charge in [-0.15, -0.1) is 21.5 Å². The molecule has 0 saturated heterocycles. The number of aryl methyl sites for hydroxylation is 1. The molecule has 0 bridgehead atoms. The van der Waals surface area contributed by atoms with Crippen LogP contribution in [-0.4, -0.2) is 39.5 Å². The van der Waals surface area contributed by atoms with E-state index in [2.05, 4.69) is 15.5 Å². The molecular formula is C26H24ClFN4O4S2. The Morgan fingerprint density at radius 2 is 1.95 bits per heavy atom. The van der Waals surface area contributed by atoms with E-state index in [1.165, 1.54) is 48.4 Å². The predicted molar refractivity (Wildman–Crippen MR) is 147 cm³/mol. The maximum Gasteiger partial charge on any atom is 0.341 e. The van der Waals surface area contributed by atoms with E-state index >= 15 is 0 Å². The van der Waals surface area contributed by atoms with E-state index in [0.717, 1.165) is 16.0 Å². The molecule has 0 fully saturated rings. The molecule has 0 aliphatic heterocycles. The Morgan fingerprint density at radius 1 is 1.18 bits per heavy atom. The number of carbonyl (C=O) groups is 2. The highest BCUT2D eigenvalue weighted by Crippen LogP contribution is 2.40. The van der Waals surface area contributed by atoms with Gasteiger partial charge in [-0.1, -0.05) is 53.7 Å². The van der Waals surface area contributed by atoms with Crippen LogP contribution in [-0.2, 0) is 22.7 Å². The van der Waals surface area contributed by atoms with Crippen molar-refractivity contribution in [2.45, 2.75) is 32.2 Å². The van der Waals surface area contributed by atoms with Gasteiger partial charge in [-0.05, 0) is 37.6 Å². The van der Waals surface area contributed by atoms with Crippen molar-refractivity contribution in [3.63, 3.8) is 0 Å². The smallest absolute Gasteiger partial charge is 0.341 e. The molecule has 0 atom stereocenters. The SMILES string of the molecule is CCn1c(COc2ccc(F)cc2Cl)nnc1SCC(=O)Nc1sc(C)c(-c2ccccc2)c1C(=O)OC. The Labute approximate surface area is 232 Å².